The molecule has 0 aliphatic heterocycles. The molecule has 0 aromatic carbocycles. The molecule has 3 aromatic heterocycles. The minimum Gasteiger partial charge on any atom is -0.469 e. The van der Waals surface area contributed by atoms with Crippen LogP contribution in [-0.4, -0.2) is 19.9 Å². The Hall–Kier alpha value is -2.02. The molecule has 0 unspecified atom stereocenters. The first-order valence-corrected chi connectivity index (χ1v) is 7.12. The van der Waals surface area contributed by atoms with E-state index in [2.05, 4.69) is 15.4 Å². The van der Waals surface area contributed by atoms with Crippen molar-refractivity contribution in [2.45, 2.75) is 24.8 Å². The minimum atomic E-state index is 0.678. The molecule has 7 heteroatoms. The standard InChI is InChI=1S/C13H14N4O2S/c1-8-6-10(19-16-8)7-20-13-15-14-12(17(13)3)11-4-5-18-9(11)2/h4-6H,7H2,1-3H3. The summed E-state index contributed by atoms with van der Waals surface area (Å²) in [6, 6.07) is 3.82. The molecule has 6 nitrogen and oxygen atoms in total. The molecule has 0 N–H and O–H groups in total. The summed E-state index contributed by atoms with van der Waals surface area (Å²) in [6.07, 6.45) is 1.66. The minimum absolute atomic E-state index is 0.678. The molecular weight excluding hydrogens is 276 g/mol. The van der Waals surface area contributed by atoms with Crippen LogP contribution in [-0.2, 0) is 12.8 Å². The van der Waals surface area contributed by atoms with Gasteiger partial charge in [-0.15, -0.1) is 10.2 Å². The van der Waals surface area contributed by atoms with E-state index < -0.39 is 0 Å². The Kier molecular flexibility index (Phi) is 3.35. The number of hydrogen-bond acceptors (Lipinski definition) is 6. The zero-order valence-corrected chi connectivity index (χ0v) is 12.3. The molecule has 0 spiro atoms. The predicted molar refractivity (Wildman–Crippen MR) is 74.2 cm³/mol. The van der Waals surface area contributed by atoms with E-state index in [-0.39, 0.29) is 0 Å². The Balaban J connectivity index is 1.79. The summed E-state index contributed by atoms with van der Waals surface area (Å²) in [7, 11) is 1.94. The van der Waals surface area contributed by atoms with Crippen LogP contribution in [0.15, 0.2) is 32.5 Å². The van der Waals surface area contributed by atoms with E-state index >= 15 is 0 Å². The topological polar surface area (TPSA) is 69.9 Å². The summed E-state index contributed by atoms with van der Waals surface area (Å²) in [5, 5.41) is 13.1. The van der Waals surface area contributed by atoms with Crippen LogP contribution in [0.4, 0.5) is 0 Å². The van der Waals surface area contributed by atoms with Crippen molar-refractivity contribution in [3.63, 3.8) is 0 Å². The van der Waals surface area contributed by atoms with Crippen LogP contribution in [0.5, 0.6) is 0 Å². The second kappa shape index (κ2) is 5.16. The number of aryl methyl sites for hydroxylation is 2. The third-order valence-electron chi connectivity index (χ3n) is 2.95. The number of aromatic nitrogens is 4. The Morgan fingerprint density at radius 1 is 1.30 bits per heavy atom. The van der Waals surface area contributed by atoms with E-state index in [1.54, 1.807) is 18.0 Å². The molecule has 3 aromatic rings. The molecule has 104 valence electrons. The van der Waals surface area contributed by atoms with Crippen LogP contribution < -0.4 is 0 Å². The Labute approximate surface area is 120 Å². The van der Waals surface area contributed by atoms with Crippen molar-refractivity contribution in [2.24, 2.45) is 7.05 Å². The van der Waals surface area contributed by atoms with Gasteiger partial charge in [0, 0.05) is 13.1 Å². The predicted octanol–water partition coefficient (Wildman–Crippen LogP) is 2.97. The zero-order valence-electron chi connectivity index (χ0n) is 11.5. The van der Waals surface area contributed by atoms with Gasteiger partial charge < -0.3 is 13.5 Å². The van der Waals surface area contributed by atoms with Gasteiger partial charge in [0.25, 0.3) is 0 Å². The van der Waals surface area contributed by atoms with Gasteiger partial charge in [-0.05, 0) is 19.9 Å². The molecule has 3 heterocycles. The van der Waals surface area contributed by atoms with E-state index in [0.717, 1.165) is 33.8 Å². The molecule has 0 amide bonds. The van der Waals surface area contributed by atoms with Gasteiger partial charge in [0.1, 0.15) is 11.5 Å². The van der Waals surface area contributed by atoms with Crippen LogP contribution in [0.2, 0.25) is 0 Å². The van der Waals surface area contributed by atoms with Crippen molar-refractivity contribution in [1.82, 2.24) is 19.9 Å². The highest BCUT2D eigenvalue weighted by molar-refractivity contribution is 7.98. The van der Waals surface area contributed by atoms with E-state index in [9.17, 15) is 0 Å². The number of rotatable bonds is 4. The van der Waals surface area contributed by atoms with Crippen molar-refractivity contribution in [2.75, 3.05) is 0 Å². The monoisotopic (exact) mass is 290 g/mol. The van der Waals surface area contributed by atoms with Gasteiger partial charge in [0.2, 0.25) is 0 Å². The van der Waals surface area contributed by atoms with Crippen LogP contribution in [0, 0.1) is 13.8 Å². The van der Waals surface area contributed by atoms with Gasteiger partial charge in [-0.3, -0.25) is 0 Å². The van der Waals surface area contributed by atoms with Crippen molar-refractivity contribution in [3.8, 4) is 11.4 Å². The van der Waals surface area contributed by atoms with E-state index in [4.69, 9.17) is 8.94 Å². The van der Waals surface area contributed by atoms with Crippen molar-refractivity contribution in [3.05, 3.63) is 35.6 Å². The van der Waals surface area contributed by atoms with Crippen LogP contribution in [0.25, 0.3) is 11.4 Å². The van der Waals surface area contributed by atoms with Crippen molar-refractivity contribution >= 4 is 11.8 Å². The number of hydrogen-bond donors (Lipinski definition) is 0. The lowest BCUT2D eigenvalue weighted by atomic mass is 10.2. The lowest BCUT2D eigenvalue weighted by Gasteiger charge is -2.01. The highest BCUT2D eigenvalue weighted by atomic mass is 32.2. The third-order valence-corrected chi connectivity index (χ3v) is 4.00. The average Bonchev–Trinajstić information content (AvgIpc) is 3.10. The molecule has 0 fully saturated rings. The van der Waals surface area contributed by atoms with Gasteiger partial charge in [0.05, 0.1) is 23.3 Å². The normalized spacial score (nSPS) is 11.2. The maximum atomic E-state index is 5.30. The molecular formula is C13H14N4O2S. The van der Waals surface area contributed by atoms with Gasteiger partial charge in [-0.1, -0.05) is 16.9 Å². The first-order valence-electron chi connectivity index (χ1n) is 6.14. The smallest absolute Gasteiger partial charge is 0.191 e. The largest absolute Gasteiger partial charge is 0.469 e. The number of thioether (sulfide) groups is 1. The Morgan fingerprint density at radius 3 is 2.80 bits per heavy atom. The highest BCUT2D eigenvalue weighted by Crippen LogP contribution is 2.27. The molecule has 0 radical (unpaired) electrons. The van der Waals surface area contributed by atoms with Crippen LogP contribution in [0.3, 0.4) is 0 Å². The van der Waals surface area contributed by atoms with Crippen LogP contribution in [0.1, 0.15) is 17.2 Å². The van der Waals surface area contributed by atoms with Gasteiger partial charge in [-0.2, -0.15) is 0 Å². The molecule has 0 bridgehead atoms. The first-order chi connectivity index (χ1) is 9.65. The van der Waals surface area contributed by atoms with Gasteiger partial charge in [-0.25, -0.2) is 0 Å². The van der Waals surface area contributed by atoms with E-state index in [0.29, 0.717) is 5.75 Å². The fraction of sp³-hybridized carbons (Fsp3) is 0.308. The summed E-state index contributed by atoms with van der Waals surface area (Å²) < 4.78 is 12.4. The van der Waals surface area contributed by atoms with Crippen molar-refractivity contribution in [1.29, 1.82) is 0 Å². The van der Waals surface area contributed by atoms with Crippen molar-refractivity contribution < 1.29 is 8.94 Å². The SMILES string of the molecule is Cc1cc(CSc2nnc(-c3ccoc3C)n2C)on1. The summed E-state index contributed by atoms with van der Waals surface area (Å²) in [5.41, 5.74) is 1.84. The lowest BCUT2D eigenvalue weighted by molar-refractivity contribution is 0.391. The third kappa shape index (κ3) is 2.36. The Bertz CT molecular complexity index is 728. The molecule has 0 saturated heterocycles. The molecule has 0 saturated carbocycles. The summed E-state index contributed by atoms with van der Waals surface area (Å²) in [5.74, 6) is 3.14. The fourth-order valence-corrected chi connectivity index (χ4v) is 2.70. The summed E-state index contributed by atoms with van der Waals surface area (Å²) >= 11 is 1.56. The zero-order chi connectivity index (χ0) is 14.1. The quantitative estimate of drug-likeness (QED) is 0.688. The molecule has 20 heavy (non-hydrogen) atoms. The van der Waals surface area contributed by atoms with E-state index in [1.165, 1.54) is 0 Å². The summed E-state index contributed by atoms with van der Waals surface area (Å²) in [4.78, 5) is 0. The number of furan rings is 1. The summed E-state index contributed by atoms with van der Waals surface area (Å²) in [6.45, 7) is 3.81. The molecule has 3 rings (SSSR count). The number of nitrogens with zero attached hydrogens (tertiary/aromatic N) is 4. The fourth-order valence-electron chi connectivity index (χ4n) is 1.91. The molecule has 0 aliphatic carbocycles. The Morgan fingerprint density at radius 2 is 2.15 bits per heavy atom. The second-order valence-corrected chi connectivity index (χ2v) is 5.42. The maximum absolute atomic E-state index is 5.30. The van der Waals surface area contributed by atoms with Gasteiger partial charge in [0.15, 0.2) is 11.0 Å². The van der Waals surface area contributed by atoms with Crippen LogP contribution >= 0.6 is 11.8 Å². The maximum Gasteiger partial charge on any atom is 0.191 e. The highest BCUT2D eigenvalue weighted by Gasteiger charge is 2.15. The molecule has 0 aliphatic rings. The second-order valence-electron chi connectivity index (χ2n) is 4.48. The van der Waals surface area contributed by atoms with Gasteiger partial charge >= 0.3 is 0 Å². The van der Waals surface area contributed by atoms with E-state index in [1.807, 2.05) is 37.6 Å². The molecule has 0 atom stereocenters. The average molecular weight is 290 g/mol. The lowest BCUT2D eigenvalue weighted by Crippen LogP contribution is -1.95. The first kappa shape index (κ1) is 13.0.